The minimum absolute atomic E-state index is 0.110. The van der Waals surface area contributed by atoms with Crippen molar-refractivity contribution >= 4 is 32.6 Å². The Morgan fingerprint density at radius 3 is 2.74 bits per heavy atom. The number of carbonyl (C=O) groups excluding carboxylic acids is 1. The molecule has 0 aliphatic carbocycles. The van der Waals surface area contributed by atoms with Gasteiger partial charge in [-0.3, -0.25) is 24.0 Å². The number of fused-ring (bicyclic) bond motifs is 1. The Bertz CT molecular complexity index is 1330. The van der Waals surface area contributed by atoms with E-state index in [-0.39, 0.29) is 18.0 Å². The molecule has 3 aromatic heterocycles. The fraction of sp³-hybridized carbons (Fsp3) is 0.261. The zero-order valence-electron chi connectivity index (χ0n) is 17.9. The van der Waals surface area contributed by atoms with Crippen LogP contribution in [0.3, 0.4) is 0 Å². The van der Waals surface area contributed by atoms with E-state index >= 15 is 0 Å². The molecule has 0 unspecified atom stereocenters. The zero-order valence-corrected chi connectivity index (χ0v) is 18.7. The molecule has 0 N–H and O–H groups in total. The molecule has 0 radical (unpaired) electrons. The van der Waals surface area contributed by atoms with Gasteiger partial charge in [0.05, 0.1) is 23.1 Å². The fourth-order valence-electron chi connectivity index (χ4n) is 3.44. The summed E-state index contributed by atoms with van der Waals surface area (Å²) in [7, 11) is 0. The van der Waals surface area contributed by atoms with Crippen LogP contribution in [-0.2, 0) is 17.9 Å². The molecule has 31 heavy (non-hydrogen) atoms. The molecule has 8 heteroatoms. The van der Waals surface area contributed by atoms with Crippen LogP contribution in [0.5, 0.6) is 0 Å². The summed E-state index contributed by atoms with van der Waals surface area (Å²) in [5.74, 6) is -0.232. The van der Waals surface area contributed by atoms with Crippen LogP contribution in [-0.4, -0.2) is 25.4 Å². The van der Waals surface area contributed by atoms with Crippen LogP contribution in [0.15, 0.2) is 47.8 Å². The summed E-state index contributed by atoms with van der Waals surface area (Å²) in [6.45, 7) is 7.79. The molecule has 0 bridgehead atoms. The first kappa shape index (κ1) is 20.9. The largest absolute Gasteiger partial charge is 0.289 e. The van der Waals surface area contributed by atoms with Gasteiger partial charge in [0, 0.05) is 23.7 Å². The Kier molecular flexibility index (Phi) is 5.65. The van der Waals surface area contributed by atoms with Gasteiger partial charge in [0.15, 0.2) is 5.13 Å². The molecule has 0 saturated carbocycles. The maximum Gasteiger partial charge on any atom is 0.256 e. The Labute approximate surface area is 184 Å². The number of aryl methyl sites for hydroxylation is 3. The van der Waals surface area contributed by atoms with Gasteiger partial charge in [-0.2, -0.15) is 0 Å². The van der Waals surface area contributed by atoms with Gasteiger partial charge in [0.2, 0.25) is 5.91 Å². The number of aromatic nitrogens is 4. The van der Waals surface area contributed by atoms with Crippen LogP contribution in [0.1, 0.15) is 27.9 Å². The summed E-state index contributed by atoms with van der Waals surface area (Å²) in [4.78, 5) is 40.7. The van der Waals surface area contributed by atoms with E-state index in [1.807, 2.05) is 32.0 Å². The number of benzene rings is 1. The van der Waals surface area contributed by atoms with Crippen molar-refractivity contribution in [3.05, 3.63) is 81.3 Å². The fourth-order valence-corrected chi connectivity index (χ4v) is 4.47. The Morgan fingerprint density at radius 2 is 2.00 bits per heavy atom. The average Bonchev–Trinajstić information content (AvgIpc) is 3.17. The lowest BCUT2D eigenvalue weighted by atomic mass is 10.1. The molecule has 0 saturated heterocycles. The summed E-state index contributed by atoms with van der Waals surface area (Å²) >= 11 is 1.48. The van der Waals surface area contributed by atoms with Crippen LogP contribution in [0.4, 0.5) is 5.13 Å². The predicted molar refractivity (Wildman–Crippen MR) is 122 cm³/mol. The Balaban J connectivity index is 1.74. The maximum atomic E-state index is 13.4. The van der Waals surface area contributed by atoms with E-state index in [0.29, 0.717) is 22.9 Å². The standard InChI is InChI=1S/C23H23N5O2S/c1-14-8-15(2)21-19(9-14)26-23(31-21)28(11-18-6-5-7-24-10-18)20(29)12-27-13-25-17(4)16(3)22(27)30/h5-10,13H,11-12H2,1-4H3. The summed E-state index contributed by atoms with van der Waals surface area (Å²) < 4.78 is 2.40. The van der Waals surface area contributed by atoms with Crippen molar-refractivity contribution in [1.82, 2.24) is 19.5 Å². The molecule has 0 aliphatic rings. The SMILES string of the molecule is Cc1cc(C)c2sc(N(Cc3cccnc3)C(=O)Cn3cnc(C)c(C)c3=O)nc2c1. The molecule has 3 heterocycles. The smallest absolute Gasteiger partial charge is 0.256 e. The van der Waals surface area contributed by atoms with Gasteiger partial charge < -0.3 is 0 Å². The Hall–Kier alpha value is -3.39. The molecule has 158 valence electrons. The second-order valence-corrected chi connectivity index (χ2v) is 8.63. The monoisotopic (exact) mass is 433 g/mol. The van der Waals surface area contributed by atoms with Crippen molar-refractivity contribution in [1.29, 1.82) is 0 Å². The van der Waals surface area contributed by atoms with Gasteiger partial charge in [-0.1, -0.05) is 23.5 Å². The molecule has 4 rings (SSSR count). The molecule has 4 aromatic rings. The minimum Gasteiger partial charge on any atom is -0.289 e. The molecule has 0 fully saturated rings. The molecule has 0 atom stereocenters. The highest BCUT2D eigenvalue weighted by Gasteiger charge is 2.22. The number of thiazole rings is 1. The van der Waals surface area contributed by atoms with Gasteiger partial charge >= 0.3 is 0 Å². The third-order valence-electron chi connectivity index (χ3n) is 5.22. The molecule has 1 amide bonds. The number of hydrogen-bond donors (Lipinski definition) is 0. The topological polar surface area (TPSA) is 81.0 Å². The highest BCUT2D eigenvalue weighted by atomic mass is 32.1. The first-order valence-electron chi connectivity index (χ1n) is 9.93. The van der Waals surface area contributed by atoms with Crippen LogP contribution in [0.2, 0.25) is 0 Å². The first-order valence-corrected chi connectivity index (χ1v) is 10.7. The summed E-state index contributed by atoms with van der Waals surface area (Å²) in [6.07, 6.45) is 4.85. The number of carbonyl (C=O) groups is 1. The van der Waals surface area contributed by atoms with Crippen LogP contribution in [0.25, 0.3) is 10.2 Å². The third kappa shape index (κ3) is 4.25. The van der Waals surface area contributed by atoms with E-state index in [4.69, 9.17) is 4.98 Å². The van der Waals surface area contributed by atoms with E-state index in [9.17, 15) is 9.59 Å². The van der Waals surface area contributed by atoms with Crippen molar-refractivity contribution in [2.45, 2.75) is 40.8 Å². The van der Waals surface area contributed by atoms with E-state index in [1.54, 1.807) is 31.1 Å². The quantitative estimate of drug-likeness (QED) is 0.479. The number of hydrogen-bond acceptors (Lipinski definition) is 6. The lowest BCUT2D eigenvalue weighted by Crippen LogP contribution is -2.37. The van der Waals surface area contributed by atoms with Crippen molar-refractivity contribution in [3.8, 4) is 0 Å². The predicted octanol–water partition coefficient (Wildman–Crippen LogP) is 3.72. The number of amides is 1. The first-order chi connectivity index (χ1) is 14.8. The second-order valence-electron chi connectivity index (χ2n) is 7.66. The highest BCUT2D eigenvalue weighted by molar-refractivity contribution is 7.22. The van der Waals surface area contributed by atoms with Crippen molar-refractivity contribution in [2.75, 3.05) is 4.90 Å². The normalized spacial score (nSPS) is 11.1. The number of anilines is 1. The second kappa shape index (κ2) is 8.39. The molecular weight excluding hydrogens is 410 g/mol. The van der Waals surface area contributed by atoms with Gasteiger partial charge in [0.25, 0.3) is 5.56 Å². The van der Waals surface area contributed by atoms with E-state index in [1.165, 1.54) is 22.2 Å². The van der Waals surface area contributed by atoms with Crippen molar-refractivity contribution in [3.63, 3.8) is 0 Å². The van der Waals surface area contributed by atoms with Crippen LogP contribution in [0, 0.1) is 27.7 Å². The zero-order chi connectivity index (χ0) is 22.1. The number of rotatable bonds is 5. The van der Waals surface area contributed by atoms with Crippen molar-refractivity contribution in [2.24, 2.45) is 0 Å². The molecule has 7 nitrogen and oxygen atoms in total. The molecule has 0 aliphatic heterocycles. The Morgan fingerprint density at radius 1 is 1.19 bits per heavy atom. The summed E-state index contributed by atoms with van der Waals surface area (Å²) in [5, 5.41) is 0.599. The van der Waals surface area contributed by atoms with Gasteiger partial charge in [-0.25, -0.2) is 9.97 Å². The molecule has 0 spiro atoms. The molecular formula is C23H23N5O2S. The van der Waals surface area contributed by atoms with Gasteiger partial charge in [-0.15, -0.1) is 0 Å². The van der Waals surface area contributed by atoms with Crippen LogP contribution >= 0.6 is 11.3 Å². The maximum absolute atomic E-state index is 13.4. The molecule has 1 aromatic carbocycles. The average molecular weight is 434 g/mol. The third-order valence-corrected chi connectivity index (χ3v) is 6.45. The number of pyridine rings is 1. The number of nitrogens with zero attached hydrogens (tertiary/aromatic N) is 5. The van der Waals surface area contributed by atoms with Crippen LogP contribution < -0.4 is 10.5 Å². The lowest BCUT2D eigenvalue weighted by Gasteiger charge is -2.20. The lowest BCUT2D eigenvalue weighted by molar-refractivity contribution is -0.119. The van der Waals surface area contributed by atoms with E-state index in [0.717, 1.165) is 26.9 Å². The van der Waals surface area contributed by atoms with Gasteiger partial charge in [0.1, 0.15) is 6.54 Å². The van der Waals surface area contributed by atoms with Crippen molar-refractivity contribution < 1.29 is 4.79 Å². The van der Waals surface area contributed by atoms with Gasteiger partial charge in [-0.05, 0) is 56.5 Å². The summed E-state index contributed by atoms with van der Waals surface area (Å²) in [6, 6.07) is 7.88. The van der Waals surface area contributed by atoms with E-state index in [2.05, 4.69) is 16.0 Å². The minimum atomic E-state index is -0.232. The highest BCUT2D eigenvalue weighted by Crippen LogP contribution is 2.33. The van der Waals surface area contributed by atoms with E-state index < -0.39 is 0 Å². The summed E-state index contributed by atoms with van der Waals surface area (Å²) in [5.41, 5.74) is 5.00.